The predicted octanol–water partition coefficient (Wildman–Crippen LogP) is 9.77. The molecule has 13 heteroatoms. The van der Waals surface area contributed by atoms with Crippen LogP contribution in [0.3, 0.4) is 0 Å². The molecule has 2 aromatic carbocycles. The summed E-state index contributed by atoms with van der Waals surface area (Å²) in [6.45, 7) is 0.501. The van der Waals surface area contributed by atoms with E-state index in [-0.39, 0.29) is 43.6 Å². The number of hydrogen-bond acceptors (Lipinski definition) is 2. The fraction of sp³-hybridized carbons (Fsp3) is 0.375. The lowest BCUT2D eigenvalue weighted by Gasteiger charge is -2.22. The number of Topliss-reactive ketones (excluding diaryl/α,β-unsaturated/α-hetero) is 1. The molecule has 37 heavy (non-hydrogen) atoms. The summed E-state index contributed by atoms with van der Waals surface area (Å²) in [6.07, 6.45) is -8.99. The van der Waals surface area contributed by atoms with Crippen LogP contribution >= 0.6 is 50.7 Å². The SMILES string of the molecule is C[C@@H](CC(=O)c1ccc(/C(F)=C/C(c2cc(Cl)c(Cl)c(Cl)c2)C(F)(F)F)cc1Br)CN(C)CC(F)(F)F. The lowest BCUT2D eigenvalue weighted by Crippen LogP contribution is -2.34. The van der Waals surface area contributed by atoms with E-state index >= 15 is 0 Å². The number of ketones is 1. The summed E-state index contributed by atoms with van der Waals surface area (Å²) in [7, 11) is 1.29. The molecule has 2 nitrogen and oxygen atoms in total. The molecule has 0 amide bonds. The number of benzene rings is 2. The molecule has 0 aliphatic heterocycles. The van der Waals surface area contributed by atoms with Crippen molar-refractivity contribution in [2.45, 2.75) is 31.6 Å². The Morgan fingerprint density at radius 2 is 1.62 bits per heavy atom. The van der Waals surface area contributed by atoms with Gasteiger partial charge in [0.05, 0.1) is 21.6 Å². The second-order valence-corrected chi connectivity index (χ2v) is 10.6. The summed E-state index contributed by atoms with van der Waals surface area (Å²) in [5, 5.41) is -0.587. The first-order valence-electron chi connectivity index (χ1n) is 10.6. The topological polar surface area (TPSA) is 20.3 Å². The summed E-state index contributed by atoms with van der Waals surface area (Å²) in [5.41, 5.74) is -0.537. The molecule has 0 aliphatic carbocycles. The van der Waals surface area contributed by atoms with Gasteiger partial charge in [0.2, 0.25) is 0 Å². The highest BCUT2D eigenvalue weighted by atomic mass is 79.9. The number of nitrogens with zero attached hydrogens (tertiary/aromatic N) is 1. The Labute approximate surface area is 232 Å². The van der Waals surface area contributed by atoms with Crippen molar-refractivity contribution in [1.82, 2.24) is 4.90 Å². The van der Waals surface area contributed by atoms with Crippen molar-refractivity contribution < 1.29 is 35.5 Å². The average molecular weight is 658 g/mol. The van der Waals surface area contributed by atoms with Gasteiger partial charge < -0.3 is 0 Å². The van der Waals surface area contributed by atoms with E-state index in [4.69, 9.17) is 34.8 Å². The molecular formula is C24H20BrCl3F7NO. The summed E-state index contributed by atoms with van der Waals surface area (Å²) < 4.78 is 93.8. The quantitative estimate of drug-likeness (QED) is 0.152. The molecular weight excluding hydrogens is 638 g/mol. The van der Waals surface area contributed by atoms with Crippen LogP contribution in [0.2, 0.25) is 15.1 Å². The Hall–Kier alpha value is -1.33. The van der Waals surface area contributed by atoms with E-state index in [0.29, 0.717) is 6.08 Å². The zero-order valence-electron chi connectivity index (χ0n) is 19.3. The molecule has 2 rings (SSSR count). The van der Waals surface area contributed by atoms with E-state index in [1.807, 2.05) is 0 Å². The first kappa shape index (κ1) is 31.9. The standard InChI is InChI=1S/C24H20BrCl3F7NO/c1-12(10-36(2)11-23(30,31)32)5-21(37)15-4-3-13(6-17(15)25)20(29)9-16(24(33,34)35)14-7-18(26)22(28)19(27)8-14/h3-4,6-9,12,16H,5,10-11H2,1-2H3/b20-9-/t12-,16?/m0/s1. The highest BCUT2D eigenvalue weighted by molar-refractivity contribution is 9.10. The van der Waals surface area contributed by atoms with Gasteiger partial charge in [-0.15, -0.1) is 0 Å². The summed E-state index contributed by atoms with van der Waals surface area (Å²) >= 11 is 20.6. The van der Waals surface area contributed by atoms with Crippen LogP contribution in [0.1, 0.15) is 40.7 Å². The van der Waals surface area contributed by atoms with E-state index < -0.39 is 47.9 Å². The van der Waals surface area contributed by atoms with Crippen LogP contribution in [0.4, 0.5) is 30.7 Å². The second-order valence-electron chi connectivity index (χ2n) is 8.57. The Morgan fingerprint density at radius 3 is 2.11 bits per heavy atom. The zero-order valence-corrected chi connectivity index (χ0v) is 23.1. The fourth-order valence-corrected chi connectivity index (χ4v) is 4.87. The monoisotopic (exact) mass is 655 g/mol. The molecule has 1 unspecified atom stereocenters. The summed E-state index contributed by atoms with van der Waals surface area (Å²) in [5.74, 6) is -4.45. The van der Waals surface area contributed by atoms with Crippen molar-refractivity contribution in [3.63, 3.8) is 0 Å². The molecule has 0 spiro atoms. The van der Waals surface area contributed by atoms with Crippen LogP contribution in [0, 0.1) is 5.92 Å². The molecule has 0 bridgehead atoms. The van der Waals surface area contributed by atoms with Crippen molar-refractivity contribution in [3.05, 3.63) is 72.6 Å². The van der Waals surface area contributed by atoms with E-state index in [1.54, 1.807) is 6.92 Å². The van der Waals surface area contributed by atoms with Gasteiger partial charge in [0, 0.05) is 28.6 Å². The van der Waals surface area contributed by atoms with E-state index in [2.05, 4.69) is 15.9 Å². The van der Waals surface area contributed by atoms with Gasteiger partial charge in [-0.05, 0) is 48.9 Å². The first-order valence-corrected chi connectivity index (χ1v) is 12.5. The van der Waals surface area contributed by atoms with Gasteiger partial charge in [0.15, 0.2) is 5.78 Å². The molecule has 2 atom stereocenters. The minimum Gasteiger partial charge on any atom is -0.298 e. The van der Waals surface area contributed by atoms with Crippen molar-refractivity contribution in [2.24, 2.45) is 5.92 Å². The summed E-state index contributed by atoms with van der Waals surface area (Å²) in [4.78, 5) is 13.7. The Balaban J connectivity index is 2.25. The smallest absolute Gasteiger partial charge is 0.298 e. The molecule has 0 saturated heterocycles. The fourth-order valence-electron chi connectivity index (χ4n) is 3.66. The normalized spacial score (nSPS) is 14.7. The van der Waals surface area contributed by atoms with Crippen LogP contribution in [-0.4, -0.2) is 43.2 Å². The molecule has 2 aromatic rings. The minimum absolute atomic E-state index is 0.00980. The van der Waals surface area contributed by atoms with Crippen LogP contribution in [0.5, 0.6) is 0 Å². The van der Waals surface area contributed by atoms with Gasteiger partial charge in [-0.1, -0.05) is 63.7 Å². The van der Waals surface area contributed by atoms with Crippen molar-refractivity contribution in [3.8, 4) is 0 Å². The van der Waals surface area contributed by atoms with Gasteiger partial charge in [-0.2, -0.15) is 26.3 Å². The Bertz CT molecular complexity index is 1150. The lowest BCUT2D eigenvalue weighted by atomic mass is 9.95. The Morgan fingerprint density at radius 1 is 1.05 bits per heavy atom. The zero-order chi connectivity index (χ0) is 28.3. The maximum atomic E-state index is 14.9. The lowest BCUT2D eigenvalue weighted by molar-refractivity contribution is -0.144. The number of allylic oxidation sites excluding steroid dienone is 1. The summed E-state index contributed by atoms with van der Waals surface area (Å²) in [6, 6.07) is 5.42. The minimum atomic E-state index is -4.89. The second kappa shape index (κ2) is 12.7. The van der Waals surface area contributed by atoms with Gasteiger partial charge in [0.25, 0.3) is 0 Å². The number of carbonyl (C=O) groups excluding carboxylic acids is 1. The first-order chi connectivity index (χ1) is 16.9. The number of halogens is 11. The van der Waals surface area contributed by atoms with E-state index in [0.717, 1.165) is 29.2 Å². The van der Waals surface area contributed by atoms with Gasteiger partial charge in [-0.3, -0.25) is 9.69 Å². The molecule has 0 aromatic heterocycles. The van der Waals surface area contributed by atoms with Crippen molar-refractivity contribution in [2.75, 3.05) is 20.1 Å². The molecule has 0 fully saturated rings. The molecule has 0 radical (unpaired) electrons. The number of alkyl halides is 6. The Kier molecular flexibility index (Phi) is 10.9. The number of rotatable bonds is 9. The number of carbonyl (C=O) groups is 1. The van der Waals surface area contributed by atoms with Gasteiger partial charge in [-0.25, -0.2) is 4.39 Å². The van der Waals surface area contributed by atoms with Crippen LogP contribution in [-0.2, 0) is 0 Å². The maximum absolute atomic E-state index is 14.9. The van der Waals surface area contributed by atoms with Crippen molar-refractivity contribution in [1.29, 1.82) is 0 Å². The average Bonchev–Trinajstić information content (AvgIpc) is 2.72. The third-order valence-corrected chi connectivity index (χ3v) is 7.04. The third-order valence-electron chi connectivity index (χ3n) is 5.18. The molecule has 0 aliphatic rings. The highest BCUT2D eigenvalue weighted by Crippen LogP contribution is 2.42. The maximum Gasteiger partial charge on any atom is 0.401 e. The van der Waals surface area contributed by atoms with E-state index in [1.165, 1.54) is 13.1 Å². The number of hydrogen-bond donors (Lipinski definition) is 0. The predicted molar refractivity (Wildman–Crippen MR) is 135 cm³/mol. The van der Waals surface area contributed by atoms with Crippen LogP contribution in [0.15, 0.2) is 40.9 Å². The molecule has 0 saturated carbocycles. The van der Waals surface area contributed by atoms with Crippen LogP contribution < -0.4 is 0 Å². The molecule has 204 valence electrons. The highest BCUT2D eigenvalue weighted by Gasteiger charge is 2.40. The molecule has 0 N–H and O–H groups in total. The van der Waals surface area contributed by atoms with Gasteiger partial charge >= 0.3 is 12.4 Å². The largest absolute Gasteiger partial charge is 0.401 e. The van der Waals surface area contributed by atoms with Crippen LogP contribution in [0.25, 0.3) is 5.83 Å². The molecule has 0 heterocycles. The van der Waals surface area contributed by atoms with E-state index in [9.17, 15) is 35.5 Å². The van der Waals surface area contributed by atoms with Crippen molar-refractivity contribution >= 4 is 62.3 Å². The third kappa shape index (κ3) is 9.42. The van der Waals surface area contributed by atoms with Gasteiger partial charge in [0.1, 0.15) is 11.7 Å².